The van der Waals surface area contributed by atoms with Gasteiger partial charge in [-0.1, -0.05) is 18.7 Å². The molecular weight excluding hydrogens is 356 g/mol. The lowest BCUT2D eigenvalue weighted by Crippen LogP contribution is -2.19. The van der Waals surface area contributed by atoms with Gasteiger partial charge >= 0.3 is 5.97 Å². The molecule has 1 aliphatic rings. The minimum Gasteiger partial charge on any atom is -0.462 e. The summed E-state index contributed by atoms with van der Waals surface area (Å²) in [4.78, 5) is 23.6. The van der Waals surface area contributed by atoms with Gasteiger partial charge in [0.1, 0.15) is 28.0 Å². The maximum atomic E-state index is 12.2. The van der Waals surface area contributed by atoms with Crippen molar-refractivity contribution in [3.8, 4) is 0 Å². The molecule has 7 heteroatoms. The molecule has 0 bridgehead atoms. The number of rotatable bonds is 7. The molecule has 25 heavy (non-hydrogen) atoms. The summed E-state index contributed by atoms with van der Waals surface area (Å²) in [5.41, 5.74) is 1.39. The van der Waals surface area contributed by atoms with Crippen molar-refractivity contribution in [2.45, 2.75) is 50.3 Å². The fourth-order valence-electron chi connectivity index (χ4n) is 3.01. The van der Waals surface area contributed by atoms with E-state index >= 15 is 0 Å². The van der Waals surface area contributed by atoms with Gasteiger partial charge in [0.2, 0.25) is 0 Å². The largest absolute Gasteiger partial charge is 0.462 e. The van der Waals surface area contributed by atoms with Crippen molar-refractivity contribution in [2.24, 2.45) is 5.92 Å². The van der Waals surface area contributed by atoms with Crippen LogP contribution in [0.2, 0.25) is 0 Å². The lowest BCUT2D eigenvalue weighted by Gasteiger charge is -2.18. The number of esters is 1. The number of hydrogen-bond acceptors (Lipinski definition) is 7. The first-order valence-electron chi connectivity index (χ1n) is 8.76. The van der Waals surface area contributed by atoms with Crippen molar-refractivity contribution in [1.29, 1.82) is 0 Å². The van der Waals surface area contributed by atoms with E-state index in [-0.39, 0.29) is 11.2 Å². The zero-order chi connectivity index (χ0) is 17.8. The Morgan fingerprint density at radius 3 is 3.08 bits per heavy atom. The third-order valence-corrected chi connectivity index (χ3v) is 6.59. The van der Waals surface area contributed by atoms with Gasteiger partial charge in [0.15, 0.2) is 0 Å². The molecule has 3 rings (SSSR count). The zero-order valence-electron chi connectivity index (χ0n) is 14.9. The number of aryl methyl sites for hydroxylation is 1. The van der Waals surface area contributed by atoms with Crippen molar-refractivity contribution in [3.63, 3.8) is 0 Å². The number of carbonyl (C=O) groups is 1. The fourth-order valence-corrected chi connectivity index (χ4v) is 5.37. The number of carbonyl (C=O) groups excluding carboxylic acids is 1. The molecule has 5 nitrogen and oxygen atoms in total. The van der Waals surface area contributed by atoms with E-state index in [1.165, 1.54) is 28.6 Å². The minimum atomic E-state index is -0.308. The lowest BCUT2D eigenvalue weighted by molar-refractivity contribution is -0.144. The normalized spacial score (nSPS) is 18.1. The molecule has 0 N–H and O–H groups in total. The average Bonchev–Trinajstić information content (AvgIpc) is 2.96. The van der Waals surface area contributed by atoms with Gasteiger partial charge in [-0.3, -0.25) is 4.79 Å². The number of hydrogen-bond donors (Lipinski definition) is 0. The average molecular weight is 381 g/mol. The van der Waals surface area contributed by atoms with Crippen LogP contribution in [-0.2, 0) is 27.1 Å². The first kappa shape index (κ1) is 18.6. The first-order valence-corrected chi connectivity index (χ1v) is 10.5. The van der Waals surface area contributed by atoms with Crippen molar-refractivity contribution in [1.82, 2.24) is 9.97 Å². The van der Waals surface area contributed by atoms with Crippen LogP contribution in [0.15, 0.2) is 11.4 Å². The summed E-state index contributed by atoms with van der Waals surface area (Å²) in [6.45, 7) is 7.44. The highest BCUT2D eigenvalue weighted by atomic mass is 32.2. The maximum absolute atomic E-state index is 12.2. The highest BCUT2D eigenvalue weighted by molar-refractivity contribution is 8.00. The van der Waals surface area contributed by atoms with Crippen LogP contribution in [0.5, 0.6) is 0 Å². The number of thioether (sulfide) groups is 1. The van der Waals surface area contributed by atoms with Crippen LogP contribution in [0.4, 0.5) is 0 Å². The Balaban J connectivity index is 1.74. The second-order valence-corrected chi connectivity index (χ2v) is 8.75. The summed E-state index contributed by atoms with van der Waals surface area (Å²) in [6.07, 6.45) is 5.00. The van der Waals surface area contributed by atoms with Gasteiger partial charge < -0.3 is 9.47 Å². The molecule has 0 radical (unpaired) electrons. The Morgan fingerprint density at radius 1 is 1.44 bits per heavy atom. The smallest absolute Gasteiger partial charge is 0.319 e. The Hall–Kier alpha value is -1.18. The number of aromatic nitrogens is 2. The predicted molar refractivity (Wildman–Crippen MR) is 101 cm³/mol. The molecule has 0 spiro atoms. The highest BCUT2D eigenvalue weighted by Gasteiger charge is 2.25. The molecule has 0 fully saturated rings. The SMILES string of the molecule is CCOCCOC(=O)[C@H](C)Sc1ncnc2sc3c(c12)CC[C@@H](C)C3. The molecular formula is C18H24N2O3S2. The van der Waals surface area contributed by atoms with Crippen LogP contribution in [0.1, 0.15) is 37.6 Å². The quantitative estimate of drug-likeness (QED) is 0.314. The molecule has 2 aromatic heterocycles. The van der Waals surface area contributed by atoms with E-state index in [1.54, 1.807) is 17.7 Å². The molecule has 0 amide bonds. The summed E-state index contributed by atoms with van der Waals surface area (Å²) in [7, 11) is 0. The summed E-state index contributed by atoms with van der Waals surface area (Å²) in [6, 6.07) is 0. The number of ether oxygens (including phenoxy) is 2. The third kappa shape index (κ3) is 4.33. The molecule has 1 aliphatic carbocycles. The van der Waals surface area contributed by atoms with Crippen LogP contribution >= 0.6 is 23.1 Å². The molecule has 0 aromatic carbocycles. The van der Waals surface area contributed by atoms with E-state index < -0.39 is 0 Å². The molecule has 2 aromatic rings. The fraction of sp³-hybridized carbons (Fsp3) is 0.611. The molecule has 2 heterocycles. The topological polar surface area (TPSA) is 61.3 Å². The van der Waals surface area contributed by atoms with Gasteiger partial charge in [-0.05, 0) is 44.6 Å². The van der Waals surface area contributed by atoms with Gasteiger partial charge in [0.25, 0.3) is 0 Å². The van der Waals surface area contributed by atoms with Crippen molar-refractivity contribution in [3.05, 3.63) is 16.8 Å². The van der Waals surface area contributed by atoms with Gasteiger partial charge in [-0.25, -0.2) is 9.97 Å². The summed E-state index contributed by atoms with van der Waals surface area (Å²) < 4.78 is 10.5. The summed E-state index contributed by atoms with van der Waals surface area (Å²) in [5, 5.41) is 1.73. The Labute approximate surface area is 156 Å². The standard InChI is InChI=1S/C18H24N2O3S2/c1-4-22-7-8-23-18(21)12(3)24-16-15-13-6-5-11(2)9-14(13)25-17(15)20-10-19-16/h10-12H,4-9H2,1-3H3/t11-,12+/m1/s1. The van der Waals surface area contributed by atoms with Crippen molar-refractivity contribution >= 4 is 39.3 Å². The molecule has 136 valence electrons. The lowest BCUT2D eigenvalue weighted by atomic mass is 9.89. The molecule has 2 atom stereocenters. The monoisotopic (exact) mass is 380 g/mol. The summed E-state index contributed by atoms with van der Waals surface area (Å²) in [5.74, 6) is 0.498. The first-order chi connectivity index (χ1) is 12.1. The molecule has 0 aliphatic heterocycles. The number of fused-ring (bicyclic) bond motifs is 3. The Bertz CT molecular complexity index is 747. The number of thiophene rings is 1. The van der Waals surface area contributed by atoms with Crippen LogP contribution in [-0.4, -0.2) is 41.0 Å². The van der Waals surface area contributed by atoms with Gasteiger partial charge in [0.05, 0.1) is 6.61 Å². The van der Waals surface area contributed by atoms with Gasteiger partial charge in [-0.2, -0.15) is 0 Å². The van der Waals surface area contributed by atoms with Crippen LogP contribution < -0.4 is 0 Å². The van der Waals surface area contributed by atoms with Crippen LogP contribution in [0.3, 0.4) is 0 Å². The maximum Gasteiger partial charge on any atom is 0.319 e. The predicted octanol–water partition coefficient (Wildman–Crippen LogP) is 3.88. The Kier molecular flexibility index (Phi) is 6.30. The van der Waals surface area contributed by atoms with E-state index in [9.17, 15) is 4.79 Å². The van der Waals surface area contributed by atoms with E-state index in [0.717, 1.165) is 34.0 Å². The molecule has 0 saturated heterocycles. The highest BCUT2D eigenvalue weighted by Crippen LogP contribution is 2.41. The second-order valence-electron chi connectivity index (χ2n) is 6.34. The van der Waals surface area contributed by atoms with Gasteiger partial charge in [-0.15, -0.1) is 11.3 Å². The molecule has 0 unspecified atom stereocenters. The van der Waals surface area contributed by atoms with Crippen LogP contribution in [0, 0.1) is 5.92 Å². The van der Waals surface area contributed by atoms with E-state index in [1.807, 2.05) is 13.8 Å². The zero-order valence-corrected chi connectivity index (χ0v) is 16.5. The third-order valence-electron chi connectivity index (χ3n) is 4.35. The van der Waals surface area contributed by atoms with Crippen molar-refractivity contribution < 1.29 is 14.3 Å². The number of nitrogens with zero attached hydrogens (tertiary/aromatic N) is 2. The molecule has 0 saturated carbocycles. The van der Waals surface area contributed by atoms with Crippen LogP contribution in [0.25, 0.3) is 10.2 Å². The van der Waals surface area contributed by atoms with E-state index in [4.69, 9.17) is 9.47 Å². The second kappa shape index (κ2) is 8.47. The van der Waals surface area contributed by atoms with Gasteiger partial charge in [0, 0.05) is 16.9 Å². The van der Waals surface area contributed by atoms with E-state index in [2.05, 4.69) is 16.9 Å². The van der Waals surface area contributed by atoms with E-state index in [0.29, 0.717) is 19.8 Å². The van der Waals surface area contributed by atoms with Crippen molar-refractivity contribution in [2.75, 3.05) is 19.8 Å². The Morgan fingerprint density at radius 2 is 2.28 bits per heavy atom. The minimum absolute atomic E-state index is 0.228. The summed E-state index contributed by atoms with van der Waals surface area (Å²) >= 11 is 3.24.